The molecule has 0 aliphatic heterocycles. The molecule has 15 heavy (non-hydrogen) atoms. The molecule has 0 bridgehead atoms. The summed E-state index contributed by atoms with van der Waals surface area (Å²) in [5.74, 6) is 0. The number of hydrazone groups is 1. The van der Waals surface area contributed by atoms with Crippen molar-refractivity contribution in [3.05, 3.63) is 24.0 Å². The Morgan fingerprint density at radius 3 is 3.00 bits per heavy atom. The van der Waals surface area contributed by atoms with Crippen molar-refractivity contribution in [2.24, 2.45) is 5.10 Å². The molecule has 1 aromatic rings. The maximum Gasteiger partial charge on any atom is 0.153 e. The second kappa shape index (κ2) is 6.47. The normalized spacial score (nSPS) is 11.2. The van der Waals surface area contributed by atoms with E-state index in [9.17, 15) is 0 Å². The lowest BCUT2D eigenvalue weighted by molar-refractivity contribution is 0.982. The third kappa shape index (κ3) is 3.93. The zero-order chi connectivity index (χ0) is 11.1. The van der Waals surface area contributed by atoms with E-state index in [2.05, 4.69) is 20.7 Å². The maximum atomic E-state index is 4.98. The number of nitrogens with one attached hydrogen (secondary N) is 1. The minimum Gasteiger partial charge on any atom is -0.262 e. The van der Waals surface area contributed by atoms with Gasteiger partial charge in [0.05, 0.1) is 5.71 Å². The second-order valence-electron chi connectivity index (χ2n) is 2.62. The molecule has 0 unspecified atom stereocenters. The summed E-state index contributed by atoms with van der Waals surface area (Å²) in [6.07, 6.45) is 4.32. The number of thiocarbonyl (C=S) groups is 1. The first kappa shape index (κ1) is 12.1. The van der Waals surface area contributed by atoms with Crippen molar-refractivity contribution in [2.75, 3.05) is 6.26 Å². The van der Waals surface area contributed by atoms with Gasteiger partial charge in [-0.1, -0.05) is 30.9 Å². The summed E-state index contributed by atoms with van der Waals surface area (Å²) in [5, 5.41) is 12.0. The van der Waals surface area contributed by atoms with Gasteiger partial charge in [-0.2, -0.15) is 10.2 Å². The summed E-state index contributed by atoms with van der Waals surface area (Å²) >= 11 is 6.43. The lowest BCUT2D eigenvalue weighted by Crippen LogP contribution is -2.15. The molecule has 1 N–H and O–H groups in total. The smallest absolute Gasteiger partial charge is 0.153 e. The van der Waals surface area contributed by atoms with Gasteiger partial charge in [-0.15, -0.1) is 5.10 Å². The standard InChI is InChI=1S/C9H12N4S2/c1-3-7(12-13-9(14)15-2)8-5-4-6-10-11-8/h4-6H,3H2,1-2H3,(H,13,14)/b12-7+. The number of aromatic nitrogens is 2. The Morgan fingerprint density at radius 1 is 1.67 bits per heavy atom. The predicted molar refractivity (Wildman–Crippen MR) is 68.1 cm³/mol. The molecule has 0 saturated heterocycles. The average Bonchev–Trinajstić information content (AvgIpc) is 2.31. The van der Waals surface area contributed by atoms with Crippen LogP contribution in [0.1, 0.15) is 19.0 Å². The number of hydrogen-bond acceptors (Lipinski definition) is 5. The Kier molecular flexibility index (Phi) is 5.20. The molecule has 0 aliphatic carbocycles. The molecule has 0 amide bonds. The van der Waals surface area contributed by atoms with Crippen molar-refractivity contribution in [1.82, 2.24) is 15.6 Å². The molecule has 4 nitrogen and oxygen atoms in total. The minimum absolute atomic E-state index is 0.643. The summed E-state index contributed by atoms with van der Waals surface area (Å²) in [7, 11) is 0. The third-order valence-corrected chi connectivity index (χ3v) is 2.72. The van der Waals surface area contributed by atoms with Gasteiger partial charge in [0.15, 0.2) is 4.32 Å². The quantitative estimate of drug-likeness (QED) is 0.496. The van der Waals surface area contributed by atoms with Gasteiger partial charge in [0, 0.05) is 6.20 Å². The topological polar surface area (TPSA) is 50.2 Å². The van der Waals surface area contributed by atoms with Gasteiger partial charge in [-0.25, -0.2) is 0 Å². The number of hydrogen-bond donors (Lipinski definition) is 1. The van der Waals surface area contributed by atoms with Crippen LogP contribution in [0.15, 0.2) is 23.4 Å². The molecule has 0 fully saturated rings. The molecule has 0 radical (unpaired) electrons. The first-order chi connectivity index (χ1) is 7.27. The Morgan fingerprint density at radius 2 is 2.47 bits per heavy atom. The van der Waals surface area contributed by atoms with Gasteiger partial charge >= 0.3 is 0 Å². The summed E-state index contributed by atoms with van der Waals surface area (Å²) in [5.41, 5.74) is 4.42. The van der Waals surface area contributed by atoms with Gasteiger partial charge in [0.25, 0.3) is 0 Å². The number of rotatable bonds is 3. The Bertz CT molecular complexity index is 350. The van der Waals surface area contributed by atoms with Crippen molar-refractivity contribution in [3.8, 4) is 0 Å². The molecule has 1 heterocycles. The monoisotopic (exact) mass is 240 g/mol. The SMILES string of the molecule is CC/C(=N\NC(=S)SC)c1cccnn1. The molecule has 0 aromatic carbocycles. The minimum atomic E-state index is 0.643. The van der Waals surface area contributed by atoms with Crippen LogP contribution in [0.2, 0.25) is 0 Å². The van der Waals surface area contributed by atoms with E-state index in [1.54, 1.807) is 6.20 Å². The summed E-state index contributed by atoms with van der Waals surface area (Å²) in [4.78, 5) is 0. The average molecular weight is 240 g/mol. The van der Waals surface area contributed by atoms with Crippen LogP contribution >= 0.6 is 24.0 Å². The summed E-state index contributed by atoms with van der Waals surface area (Å²) in [6.45, 7) is 2.01. The Hall–Kier alpha value is -1.01. The van der Waals surface area contributed by atoms with Crippen molar-refractivity contribution in [3.63, 3.8) is 0 Å². The van der Waals surface area contributed by atoms with Crippen LogP contribution in [0, 0.1) is 0 Å². The molecule has 0 saturated carbocycles. The van der Waals surface area contributed by atoms with Crippen molar-refractivity contribution in [1.29, 1.82) is 0 Å². The van der Waals surface area contributed by atoms with Crippen molar-refractivity contribution >= 4 is 34.0 Å². The first-order valence-corrected chi connectivity index (χ1v) is 6.09. The van der Waals surface area contributed by atoms with Crippen LogP contribution in [-0.2, 0) is 0 Å². The third-order valence-electron chi connectivity index (χ3n) is 1.67. The highest BCUT2D eigenvalue weighted by Gasteiger charge is 2.02. The zero-order valence-electron chi connectivity index (χ0n) is 8.60. The van der Waals surface area contributed by atoms with Gasteiger partial charge in [-0.3, -0.25) is 5.43 Å². The number of nitrogens with zero attached hydrogens (tertiary/aromatic N) is 3. The maximum absolute atomic E-state index is 4.98. The van der Waals surface area contributed by atoms with Crippen LogP contribution in [0.3, 0.4) is 0 Å². The molecule has 1 rings (SSSR count). The molecule has 0 spiro atoms. The van der Waals surface area contributed by atoms with Crippen LogP contribution in [0.5, 0.6) is 0 Å². The van der Waals surface area contributed by atoms with Crippen LogP contribution in [0.25, 0.3) is 0 Å². The van der Waals surface area contributed by atoms with Gasteiger partial charge < -0.3 is 0 Å². The van der Waals surface area contributed by atoms with E-state index in [0.717, 1.165) is 17.8 Å². The fourth-order valence-electron chi connectivity index (χ4n) is 0.932. The van der Waals surface area contributed by atoms with Crippen molar-refractivity contribution in [2.45, 2.75) is 13.3 Å². The molecule has 0 atom stereocenters. The van der Waals surface area contributed by atoms with Crippen LogP contribution in [0.4, 0.5) is 0 Å². The van der Waals surface area contributed by atoms with E-state index in [4.69, 9.17) is 12.2 Å². The highest BCUT2D eigenvalue weighted by Crippen LogP contribution is 2.00. The van der Waals surface area contributed by atoms with Crippen LogP contribution in [-0.4, -0.2) is 26.5 Å². The van der Waals surface area contributed by atoms with Gasteiger partial charge in [0.1, 0.15) is 5.69 Å². The van der Waals surface area contributed by atoms with Gasteiger partial charge in [0.2, 0.25) is 0 Å². The van der Waals surface area contributed by atoms with Gasteiger partial charge in [-0.05, 0) is 24.8 Å². The summed E-state index contributed by atoms with van der Waals surface area (Å²) in [6, 6.07) is 3.71. The molecule has 0 aliphatic rings. The predicted octanol–water partition coefficient (Wildman–Crippen LogP) is 1.83. The first-order valence-electron chi connectivity index (χ1n) is 4.46. The van der Waals surface area contributed by atoms with E-state index in [1.807, 2.05) is 25.3 Å². The largest absolute Gasteiger partial charge is 0.262 e. The molecule has 1 aromatic heterocycles. The van der Waals surface area contributed by atoms with E-state index in [0.29, 0.717) is 4.32 Å². The van der Waals surface area contributed by atoms with Crippen LogP contribution < -0.4 is 5.43 Å². The molecular formula is C9H12N4S2. The number of thioether (sulfide) groups is 1. The van der Waals surface area contributed by atoms with E-state index in [-0.39, 0.29) is 0 Å². The fourth-order valence-corrected chi connectivity index (χ4v) is 1.11. The Balaban J connectivity index is 2.76. The fraction of sp³-hybridized carbons (Fsp3) is 0.333. The van der Waals surface area contributed by atoms with E-state index >= 15 is 0 Å². The lowest BCUT2D eigenvalue weighted by atomic mass is 10.2. The highest BCUT2D eigenvalue weighted by molar-refractivity contribution is 8.22. The highest BCUT2D eigenvalue weighted by atomic mass is 32.2. The van der Waals surface area contributed by atoms with E-state index < -0.39 is 0 Å². The summed E-state index contributed by atoms with van der Waals surface area (Å²) < 4.78 is 0.643. The molecular weight excluding hydrogens is 228 g/mol. The van der Waals surface area contributed by atoms with Crippen molar-refractivity contribution < 1.29 is 0 Å². The molecule has 6 heteroatoms. The van der Waals surface area contributed by atoms with E-state index in [1.165, 1.54) is 11.8 Å². The zero-order valence-corrected chi connectivity index (χ0v) is 10.2. The Labute approximate surface area is 98.6 Å². The molecule has 80 valence electrons. The lowest BCUT2D eigenvalue weighted by Gasteiger charge is -2.03. The second-order valence-corrected chi connectivity index (χ2v) is 4.11.